The van der Waals surface area contributed by atoms with Crippen LogP contribution in [0.2, 0.25) is 5.02 Å². The fourth-order valence-electron chi connectivity index (χ4n) is 3.75. The molecule has 0 aliphatic carbocycles. The highest BCUT2D eigenvalue weighted by molar-refractivity contribution is 7.98. The number of benzene rings is 2. The van der Waals surface area contributed by atoms with Crippen LogP contribution in [-0.4, -0.2) is 54.4 Å². The maximum Gasteiger partial charge on any atom is 0.257 e. The predicted octanol–water partition coefficient (Wildman–Crippen LogP) is 4.30. The molecule has 0 saturated carbocycles. The molecule has 0 radical (unpaired) electrons. The zero-order valence-corrected chi connectivity index (χ0v) is 18.5. The van der Waals surface area contributed by atoms with Crippen LogP contribution in [-0.2, 0) is 25.6 Å². The molecular weight excluding hydrogens is 422 g/mol. The van der Waals surface area contributed by atoms with Gasteiger partial charge in [-0.3, -0.25) is 4.79 Å². The largest absolute Gasteiger partial charge is 0.375 e. The molecule has 2 aromatic rings. The van der Waals surface area contributed by atoms with Gasteiger partial charge in [0.05, 0.1) is 25.9 Å². The molecule has 0 aromatic heterocycles. The molecular formula is C23H26ClNO4S. The Kier molecular flexibility index (Phi) is 7.33. The van der Waals surface area contributed by atoms with Crippen LogP contribution in [0.5, 0.6) is 0 Å². The van der Waals surface area contributed by atoms with Gasteiger partial charge in [-0.25, -0.2) is 0 Å². The van der Waals surface area contributed by atoms with Gasteiger partial charge in [0.2, 0.25) is 0 Å². The van der Waals surface area contributed by atoms with Gasteiger partial charge in [0.15, 0.2) is 6.10 Å². The second-order valence-electron chi connectivity index (χ2n) is 7.50. The zero-order chi connectivity index (χ0) is 20.9. The average molecular weight is 448 g/mol. The number of amides is 1. The molecule has 7 heteroatoms. The molecule has 4 atom stereocenters. The van der Waals surface area contributed by atoms with Gasteiger partial charge < -0.3 is 19.1 Å². The van der Waals surface area contributed by atoms with Gasteiger partial charge in [-0.05, 0) is 35.3 Å². The van der Waals surface area contributed by atoms with Crippen LogP contribution < -0.4 is 0 Å². The van der Waals surface area contributed by atoms with Gasteiger partial charge in [-0.15, -0.1) is 0 Å². The van der Waals surface area contributed by atoms with E-state index >= 15 is 0 Å². The summed E-state index contributed by atoms with van der Waals surface area (Å²) in [7, 11) is 0. The fraction of sp³-hybridized carbons (Fsp3) is 0.435. The van der Waals surface area contributed by atoms with Crippen molar-refractivity contribution in [2.45, 2.75) is 37.5 Å². The third-order valence-electron chi connectivity index (χ3n) is 5.36. The topological polar surface area (TPSA) is 51.3 Å². The molecule has 2 fully saturated rings. The van der Waals surface area contributed by atoms with Gasteiger partial charge in [0.25, 0.3) is 5.91 Å². The highest BCUT2D eigenvalue weighted by Crippen LogP contribution is 2.41. The molecule has 0 N–H and O–H groups in total. The number of thioether (sulfide) groups is 1. The summed E-state index contributed by atoms with van der Waals surface area (Å²) in [4.78, 5) is 15.2. The second-order valence-corrected chi connectivity index (χ2v) is 8.92. The second kappa shape index (κ2) is 10.2. The maximum absolute atomic E-state index is 13.3. The number of ether oxygens (including phenoxy) is 3. The van der Waals surface area contributed by atoms with E-state index in [-0.39, 0.29) is 24.3 Å². The number of epoxide rings is 1. The van der Waals surface area contributed by atoms with E-state index in [1.54, 1.807) is 11.8 Å². The molecule has 2 saturated heterocycles. The van der Waals surface area contributed by atoms with E-state index in [0.717, 1.165) is 23.3 Å². The smallest absolute Gasteiger partial charge is 0.257 e. The average Bonchev–Trinajstić information content (AvgIpc) is 3.47. The number of hydrogen-bond donors (Lipinski definition) is 0. The Hall–Kier alpha value is -1.57. The molecule has 2 aliphatic heterocycles. The minimum absolute atomic E-state index is 0.0214. The van der Waals surface area contributed by atoms with Crippen molar-refractivity contribution in [2.24, 2.45) is 0 Å². The van der Waals surface area contributed by atoms with Crippen molar-refractivity contribution < 1.29 is 19.0 Å². The number of rotatable bonds is 9. The van der Waals surface area contributed by atoms with E-state index in [1.807, 2.05) is 59.5 Å². The number of hydrogen-bond acceptors (Lipinski definition) is 5. The quantitative estimate of drug-likeness (QED) is 0.536. The van der Waals surface area contributed by atoms with Gasteiger partial charge in [0, 0.05) is 11.4 Å². The van der Waals surface area contributed by atoms with Crippen molar-refractivity contribution in [1.82, 2.24) is 4.90 Å². The lowest BCUT2D eigenvalue weighted by Gasteiger charge is -2.27. The molecule has 2 heterocycles. The summed E-state index contributed by atoms with van der Waals surface area (Å²) >= 11 is 7.72. The Labute approximate surface area is 186 Å². The first-order chi connectivity index (χ1) is 14.7. The fourth-order valence-corrected chi connectivity index (χ4v) is 4.31. The normalized spacial score (nSPS) is 25.5. The Balaban J connectivity index is 1.39. The monoisotopic (exact) mass is 447 g/mol. The number of halogens is 1. The van der Waals surface area contributed by atoms with E-state index in [1.165, 1.54) is 0 Å². The number of nitrogens with zero attached hydrogens (tertiary/aromatic N) is 1. The third-order valence-corrected chi connectivity index (χ3v) is 6.26. The standard InChI is InChI=1S/C23H26ClNO4S/c1-30-12-11-20-25(19(15-28-20)14-27-13-16-5-3-2-4-6-16)23(26)22-21(29-22)17-7-9-18(24)10-8-17/h2-10,19-22H,11-15H2,1H3/t19-,20+,21+,22-/m0/s1. The summed E-state index contributed by atoms with van der Waals surface area (Å²) in [5, 5.41) is 0.669. The third kappa shape index (κ3) is 5.18. The van der Waals surface area contributed by atoms with E-state index in [2.05, 4.69) is 6.26 Å². The molecule has 30 heavy (non-hydrogen) atoms. The van der Waals surface area contributed by atoms with Crippen LogP contribution in [0.1, 0.15) is 23.7 Å². The van der Waals surface area contributed by atoms with Crippen LogP contribution >= 0.6 is 23.4 Å². The molecule has 4 rings (SSSR count). The van der Waals surface area contributed by atoms with Crippen LogP contribution in [0.15, 0.2) is 54.6 Å². The Morgan fingerprint density at radius 2 is 1.97 bits per heavy atom. The number of carbonyl (C=O) groups is 1. The molecule has 5 nitrogen and oxygen atoms in total. The first-order valence-corrected chi connectivity index (χ1v) is 11.9. The Bertz CT molecular complexity index is 835. The summed E-state index contributed by atoms with van der Waals surface area (Å²) in [6.07, 6.45) is 1.93. The highest BCUT2D eigenvalue weighted by atomic mass is 35.5. The molecule has 2 aliphatic rings. The SMILES string of the molecule is CSCC[C@H]1OC[C@H](COCc2ccccc2)N1C(=O)[C@H]1O[C@@H]1c1ccc(Cl)cc1. The Morgan fingerprint density at radius 3 is 2.70 bits per heavy atom. The van der Waals surface area contributed by atoms with Crippen molar-refractivity contribution in [3.8, 4) is 0 Å². The summed E-state index contributed by atoms with van der Waals surface area (Å²) in [5.74, 6) is 0.907. The van der Waals surface area contributed by atoms with Gasteiger partial charge in [0.1, 0.15) is 12.3 Å². The minimum atomic E-state index is -0.471. The minimum Gasteiger partial charge on any atom is -0.375 e. The molecule has 160 valence electrons. The lowest BCUT2D eigenvalue weighted by molar-refractivity contribution is -0.140. The van der Waals surface area contributed by atoms with Crippen molar-refractivity contribution in [3.05, 3.63) is 70.7 Å². The van der Waals surface area contributed by atoms with Crippen molar-refractivity contribution in [3.63, 3.8) is 0 Å². The summed E-state index contributed by atoms with van der Waals surface area (Å²) < 4.78 is 17.7. The lowest BCUT2D eigenvalue weighted by atomic mass is 10.1. The predicted molar refractivity (Wildman–Crippen MR) is 119 cm³/mol. The van der Waals surface area contributed by atoms with E-state index < -0.39 is 6.10 Å². The molecule has 2 aromatic carbocycles. The van der Waals surface area contributed by atoms with Gasteiger partial charge in [-0.2, -0.15) is 11.8 Å². The Morgan fingerprint density at radius 1 is 1.20 bits per heavy atom. The van der Waals surface area contributed by atoms with Crippen LogP contribution in [0.25, 0.3) is 0 Å². The molecule has 0 spiro atoms. The highest BCUT2D eigenvalue weighted by Gasteiger charge is 2.51. The lowest BCUT2D eigenvalue weighted by Crippen LogP contribution is -2.46. The summed E-state index contributed by atoms with van der Waals surface area (Å²) in [6.45, 7) is 1.44. The summed E-state index contributed by atoms with van der Waals surface area (Å²) in [5.41, 5.74) is 2.08. The molecule has 0 unspecified atom stereocenters. The zero-order valence-electron chi connectivity index (χ0n) is 16.9. The van der Waals surface area contributed by atoms with Crippen LogP contribution in [0, 0.1) is 0 Å². The van der Waals surface area contributed by atoms with Crippen molar-refractivity contribution in [1.29, 1.82) is 0 Å². The van der Waals surface area contributed by atoms with Crippen LogP contribution in [0.3, 0.4) is 0 Å². The molecule has 1 amide bonds. The molecule has 0 bridgehead atoms. The van der Waals surface area contributed by atoms with E-state index in [9.17, 15) is 4.79 Å². The van der Waals surface area contributed by atoms with Gasteiger partial charge in [-0.1, -0.05) is 54.1 Å². The van der Waals surface area contributed by atoms with Crippen molar-refractivity contribution >= 4 is 29.3 Å². The first kappa shape index (κ1) is 21.7. The maximum atomic E-state index is 13.3. The van der Waals surface area contributed by atoms with Crippen LogP contribution in [0.4, 0.5) is 0 Å². The number of carbonyl (C=O) groups excluding carboxylic acids is 1. The first-order valence-electron chi connectivity index (χ1n) is 10.1. The van der Waals surface area contributed by atoms with Crippen molar-refractivity contribution in [2.75, 3.05) is 25.2 Å². The van der Waals surface area contributed by atoms with Gasteiger partial charge >= 0.3 is 0 Å². The van der Waals surface area contributed by atoms with E-state index in [4.69, 9.17) is 25.8 Å². The summed E-state index contributed by atoms with van der Waals surface area (Å²) in [6, 6.07) is 17.4. The van der Waals surface area contributed by atoms with E-state index in [0.29, 0.717) is 24.8 Å².